The molecule has 3 aromatic rings. The molecule has 1 aliphatic rings. The first-order chi connectivity index (χ1) is 15.1. The molecule has 0 aliphatic carbocycles. The molecule has 2 aromatic carbocycles. The van der Waals surface area contributed by atoms with Crippen LogP contribution in [-0.2, 0) is 0 Å². The van der Waals surface area contributed by atoms with Crippen molar-refractivity contribution in [2.45, 2.75) is 0 Å². The minimum atomic E-state index is -0.430. The largest absolute Gasteiger partial charge is 0.493 e. The smallest absolute Gasteiger partial charge is 0.294 e. The zero-order valence-corrected chi connectivity index (χ0v) is 17.5. The van der Waals surface area contributed by atoms with Gasteiger partial charge >= 0.3 is 0 Å². The Kier molecular flexibility index (Phi) is 5.28. The number of methoxy groups -OCH3 is 5. The van der Waals surface area contributed by atoms with E-state index in [1.54, 1.807) is 12.1 Å². The van der Waals surface area contributed by atoms with Crippen molar-refractivity contribution in [1.29, 1.82) is 0 Å². The first kappa shape index (κ1) is 20.3. The van der Waals surface area contributed by atoms with Gasteiger partial charge in [-0.3, -0.25) is 4.79 Å². The van der Waals surface area contributed by atoms with Crippen molar-refractivity contribution in [2.24, 2.45) is 0 Å². The Labute approximate surface area is 176 Å². The second kappa shape index (κ2) is 8.05. The van der Waals surface area contributed by atoms with Crippen LogP contribution in [0.3, 0.4) is 0 Å². The van der Waals surface area contributed by atoms with Gasteiger partial charge in [-0.25, -0.2) is 0 Å². The lowest BCUT2D eigenvalue weighted by Gasteiger charge is -2.17. The molecule has 0 unspecified atom stereocenters. The average Bonchev–Trinajstić information content (AvgIpc) is 3.25. The van der Waals surface area contributed by atoms with Crippen molar-refractivity contribution in [1.82, 2.24) is 0 Å². The molecule has 0 spiro atoms. The van der Waals surface area contributed by atoms with E-state index in [1.165, 1.54) is 41.6 Å². The van der Waals surface area contributed by atoms with Gasteiger partial charge in [-0.2, -0.15) is 0 Å². The lowest BCUT2D eigenvalue weighted by Crippen LogP contribution is -2.07. The van der Waals surface area contributed by atoms with Crippen LogP contribution < -0.4 is 43.3 Å². The molecule has 2 heterocycles. The fourth-order valence-corrected chi connectivity index (χ4v) is 3.35. The molecular formula is C21H20O10. The molecule has 31 heavy (non-hydrogen) atoms. The van der Waals surface area contributed by atoms with Crippen LogP contribution >= 0.6 is 0 Å². The van der Waals surface area contributed by atoms with Crippen molar-refractivity contribution < 1.29 is 42.3 Å². The number of fused-ring (bicyclic) bond motifs is 2. The van der Waals surface area contributed by atoms with Crippen LogP contribution in [-0.4, -0.2) is 42.3 Å². The van der Waals surface area contributed by atoms with E-state index in [9.17, 15) is 4.79 Å². The maximum atomic E-state index is 13.0. The molecule has 0 saturated carbocycles. The molecular weight excluding hydrogens is 412 g/mol. The van der Waals surface area contributed by atoms with Crippen LogP contribution in [0.25, 0.3) is 11.0 Å². The topological polar surface area (TPSA) is 104 Å². The molecule has 0 fully saturated rings. The molecule has 0 radical (unpaired) electrons. The van der Waals surface area contributed by atoms with Gasteiger partial charge in [0.2, 0.25) is 35.2 Å². The minimum Gasteiger partial charge on any atom is -0.493 e. The fourth-order valence-electron chi connectivity index (χ4n) is 3.35. The highest BCUT2D eigenvalue weighted by Crippen LogP contribution is 2.51. The van der Waals surface area contributed by atoms with Gasteiger partial charge in [0.25, 0.3) is 5.95 Å². The van der Waals surface area contributed by atoms with Gasteiger partial charge in [0.15, 0.2) is 22.8 Å². The van der Waals surface area contributed by atoms with Crippen LogP contribution in [0.4, 0.5) is 0 Å². The quantitative estimate of drug-likeness (QED) is 0.552. The van der Waals surface area contributed by atoms with Crippen molar-refractivity contribution in [3.8, 4) is 51.9 Å². The van der Waals surface area contributed by atoms with Gasteiger partial charge in [0.05, 0.1) is 41.6 Å². The molecule has 164 valence electrons. The Morgan fingerprint density at radius 1 is 0.774 bits per heavy atom. The first-order valence-corrected chi connectivity index (χ1v) is 9.05. The summed E-state index contributed by atoms with van der Waals surface area (Å²) in [4.78, 5) is 13.0. The molecule has 0 atom stereocenters. The Morgan fingerprint density at radius 3 is 2.10 bits per heavy atom. The van der Waals surface area contributed by atoms with Crippen LogP contribution in [0, 0.1) is 0 Å². The second-order valence-electron chi connectivity index (χ2n) is 6.23. The number of benzene rings is 2. The molecule has 0 amide bonds. The van der Waals surface area contributed by atoms with Gasteiger partial charge < -0.3 is 42.3 Å². The van der Waals surface area contributed by atoms with Gasteiger partial charge in [-0.05, 0) is 0 Å². The summed E-state index contributed by atoms with van der Waals surface area (Å²) in [7, 11) is 7.18. The summed E-state index contributed by atoms with van der Waals surface area (Å²) < 4.78 is 49.4. The molecule has 10 heteroatoms. The summed E-state index contributed by atoms with van der Waals surface area (Å²) in [5, 5.41) is 0.118. The fraction of sp³-hybridized carbons (Fsp3) is 0.286. The van der Waals surface area contributed by atoms with E-state index in [4.69, 9.17) is 42.3 Å². The highest BCUT2D eigenvalue weighted by molar-refractivity contribution is 5.95. The molecule has 10 nitrogen and oxygen atoms in total. The summed E-state index contributed by atoms with van der Waals surface area (Å²) in [6.45, 7) is 0.0683. The second-order valence-corrected chi connectivity index (χ2v) is 6.23. The van der Waals surface area contributed by atoms with Crippen molar-refractivity contribution in [3.05, 3.63) is 28.4 Å². The van der Waals surface area contributed by atoms with Gasteiger partial charge in [-0.15, -0.1) is 0 Å². The van der Waals surface area contributed by atoms with E-state index >= 15 is 0 Å². The third-order valence-corrected chi connectivity index (χ3v) is 4.64. The summed E-state index contributed by atoms with van der Waals surface area (Å²) in [5.41, 5.74) is -0.354. The monoisotopic (exact) mass is 432 g/mol. The highest BCUT2D eigenvalue weighted by atomic mass is 16.7. The Bertz CT molecular complexity index is 1200. The van der Waals surface area contributed by atoms with Crippen molar-refractivity contribution in [2.75, 3.05) is 42.3 Å². The van der Waals surface area contributed by atoms with E-state index in [0.717, 1.165) is 0 Å². The number of ether oxygens (including phenoxy) is 8. The number of hydrogen-bond acceptors (Lipinski definition) is 10. The standard InChI is InChI=1S/C21H20O10/c1-23-12-6-10(7-13-16(12)29-9-28-13)30-14-8-11(22)15-17(24-2)19(25-3)21(27-5)20(26-4)18(15)31-14/h6-8H,9H2,1-5H3. The van der Waals surface area contributed by atoms with E-state index in [-0.39, 0.29) is 46.7 Å². The van der Waals surface area contributed by atoms with Crippen molar-refractivity contribution >= 4 is 11.0 Å². The van der Waals surface area contributed by atoms with E-state index < -0.39 is 5.43 Å². The summed E-state index contributed by atoms with van der Waals surface area (Å²) in [6.07, 6.45) is 0. The number of rotatable bonds is 7. The molecule has 1 aromatic heterocycles. The maximum absolute atomic E-state index is 13.0. The lowest BCUT2D eigenvalue weighted by atomic mass is 10.1. The molecule has 0 bridgehead atoms. The third kappa shape index (κ3) is 3.25. The van der Waals surface area contributed by atoms with E-state index in [0.29, 0.717) is 23.0 Å². The van der Waals surface area contributed by atoms with Gasteiger partial charge in [0, 0.05) is 12.1 Å². The highest BCUT2D eigenvalue weighted by Gasteiger charge is 2.28. The third-order valence-electron chi connectivity index (χ3n) is 4.64. The summed E-state index contributed by atoms with van der Waals surface area (Å²) in [6, 6.07) is 4.37. The van der Waals surface area contributed by atoms with Gasteiger partial charge in [-0.1, -0.05) is 0 Å². The van der Waals surface area contributed by atoms with Gasteiger partial charge in [0.1, 0.15) is 11.1 Å². The van der Waals surface area contributed by atoms with Crippen LogP contribution in [0.2, 0.25) is 0 Å². The predicted molar refractivity (Wildman–Crippen MR) is 108 cm³/mol. The Hall–Kier alpha value is -3.95. The number of hydrogen-bond donors (Lipinski definition) is 0. The molecule has 0 saturated heterocycles. The SMILES string of the molecule is COc1cc(Oc2cc(=O)c3c(OC)c(OC)c(OC)c(OC)c3o2)cc2c1OCO2. The van der Waals surface area contributed by atoms with E-state index in [2.05, 4.69) is 0 Å². The summed E-state index contributed by atoms with van der Waals surface area (Å²) >= 11 is 0. The van der Waals surface area contributed by atoms with Crippen LogP contribution in [0.1, 0.15) is 0 Å². The zero-order chi connectivity index (χ0) is 22.1. The maximum Gasteiger partial charge on any atom is 0.294 e. The normalized spacial score (nSPS) is 11.9. The van der Waals surface area contributed by atoms with E-state index in [1.807, 2.05) is 0 Å². The Morgan fingerprint density at radius 2 is 1.45 bits per heavy atom. The van der Waals surface area contributed by atoms with Crippen molar-refractivity contribution in [3.63, 3.8) is 0 Å². The Balaban J connectivity index is 1.89. The molecule has 0 N–H and O–H groups in total. The first-order valence-electron chi connectivity index (χ1n) is 9.05. The van der Waals surface area contributed by atoms with Crippen LogP contribution in [0.15, 0.2) is 27.4 Å². The molecule has 1 aliphatic heterocycles. The molecule has 4 rings (SSSR count). The summed E-state index contributed by atoms with van der Waals surface area (Å²) in [5.74, 6) is 2.28. The minimum absolute atomic E-state index is 0.0683. The predicted octanol–water partition coefficient (Wildman–Crippen LogP) is 3.36. The lowest BCUT2D eigenvalue weighted by molar-refractivity contribution is 0.171. The average molecular weight is 432 g/mol. The van der Waals surface area contributed by atoms with Crippen LogP contribution in [0.5, 0.6) is 51.9 Å². The zero-order valence-electron chi connectivity index (χ0n) is 17.5.